The van der Waals surface area contributed by atoms with Crippen molar-refractivity contribution in [2.24, 2.45) is 0 Å². The monoisotopic (exact) mass is 391 g/mol. The number of nitrogens with one attached hydrogen (secondary N) is 1. The number of phenolic OH excluding ortho intramolecular Hbond substituents is 1. The molecule has 0 saturated heterocycles. The van der Waals surface area contributed by atoms with E-state index in [9.17, 15) is 9.50 Å². The maximum absolute atomic E-state index is 13.7. The van der Waals surface area contributed by atoms with Crippen LogP contribution in [0.15, 0.2) is 60.7 Å². The summed E-state index contributed by atoms with van der Waals surface area (Å²) in [4.78, 5) is 0. The molecular weight excluding hydrogens is 376 g/mol. The molecule has 0 unspecified atom stereocenters. The third kappa shape index (κ3) is 4.40. The van der Waals surface area contributed by atoms with Crippen LogP contribution in [0.2, 0.25) is 10.0 Å². The van der Waals surface area contributed by atoms with Gasteiger partial charge in [0, 0.05) is 23.4 Å². The number of anilines is 1. The molecule has 0 aliphatic rings. The largest absolute Gasteiger partial charge is 0.505 e. The van der Waals surface area contributed by atoms with Crippen molar-refractivity contribution in [1.82, 2.24) is 0 Å². The number of ether oxygens (including phenoxy) is 1. The van der Waals surface area contributed by atoms with E-state index in [0.717, 1.165) is 5.56 Å². The molecule has 0 radical (unpaired) electrons. The topological polar surface area (TPSA) is 41.5 Å². The number of hydrogen-bond donors (Lipinski definition) is 2. The maximum Gasteiger partial charge on any atom is 0.152 e. The van der Waals surface area contributed by atoms with Crippen molar-refractivity contribution < 1.29 is 14.2 Å². The number of para-hydroxylation sites is 1. The molecule has 3 rings (SSSR count). The van der Waals surface area contributed by atoms with Crippen molar-refractivity contribution in [3.05, 3.63) is 87.7 Å². The third-order valence-electron chi connectivity index (χ3n) is 3.81. The van der Waals surface area contributed by atoms with Crippen LogP contribution in [0.4, 0.5) is 10.1 Å². The molecule has 0 heterocycles. The molecule has 0 aliphatic carbocycles. The summed E-state index contributed by atoms with van der Waals surface area (Å²) in [5.41, 5.74) is 2.05. The summed E-state index contributed by atoms with van der Waals surface area (Å²) in [5, 5.41) is 13.1. The van der Waals surface area contributed by atoms with Crippen molar-refractivity contribution in [2.75, 3.05) is 5.32 Å². The van der Waals surface area contributed by atoms with E-state index in [0.29, 0.717) is 23.5 Å². The predicted molar refractivity (Wildman–Crippen MR) is 103 cm³/mol. The van der Waals surface area contributed by atoms with E-state index in [1.165, 1.54) is 6.07 Å². The van der Waals surface area contributed by atoms with Gasteiger partial charge in [0.25, 0.3) is 0 Å². The molecule has 0 aliphatic heterocycles. The smallest absolute Gasteiger partial charge is 0.152 e. The van der Waals surface area contributed by atoms with Gasteiger partial charge >= 0.3 is 0 Å². The van der Waals surface area contributed by atoms with E-state index < -0.39 is 0 Å². The summed E-state index contributed by atoms with van der Waals surface area (Å²) in [6.45, 7) is 0.589. The minimum Gasteiger partial charge on any atom is -0.505 e. The zero-order valence-electron chi connectivity index (χ0n) is 13.7. The van der Waals surface area contributed by atoms with Crippen LogP contribution >= 0.6 is 23.2 Å². The molecule has 0 saturated carbocycles. The van der Waals surface area contributed by atoms with E-state index in [2.05, 4.69) is 5.32 Å². The Morgan fingerprint density at radius 3 is 2.23 bits per heavy atom. The maximum atomic E-state index is 13.7. The molecule has 134 valence electrons. The average Bonchev–Trinajstić information content (AvgIpc) is 2.64. The second-order valence-corrected chi connectivity index (χ2v) is 6.44. The van der Waals surface area contributed by atoms with Crippen LogP contribution in [0.25, 0.3) is 0 Å². The SMILES string of the molecule is Oc1c(Cl)cc(NCc2ccccc2OCc2ccccc2F)cc1Cl. The lowest BCUT2D eigenvalue weighted by molar-refractivity contribution is 0.297. The van der Waals surface area contributed by atoms with E-state index in [-0.39, 0.29) is 28.2 Å². The number of phenols is 1. The molecule has 0 amide bonds. The Morgan fingerprint density at radius 1 is 0.923 bits per heavy atom. The molecule has 3 aromatic rings. The standard InChI is InChI=1S/C20H16Cl2FNO2/c21-16-9-15(10-17(22)20(16)25)24-11-13-5-2-4-8-19(13)26-12-14-6-1-3-7-18(14)23/h1-10,24-25H,11-12H2. The Kier molecular flexibility index (Phi) is 5.86. The first kappa shape index (κ1) is 18.4. The number of aromatic hydroxyl groups is 1. The van der Waals surface area contributed by atoms with Gasteiger partial charge in [0.15, 0.2) is 5.75 Å². The number of hydrogen-bond acceptors (Lipinski definition) is 3. The minimum atomic E-state index is -0.295. The summed E-state index contributed by atoms with van der Waals surface area (Å²) in [6.07, 6.45) is 0. The van der Waals surface area contributed by atoms with Crippen LogP contribution in [0.1, 0.15) is 11.1 Å². The highest BCUT2D eigenvalue weighted by atomic mass is 35.5. The second-order valence-electron chi connectivity index (χ2n) is 5.63. The summed E-state index contributed by atoms with van der Waals surface area (Å²) >= 11 is 11.9. The zero-order chi connectivity index (χ0) is 18.5. The van der Waals surface area contributed by atoms with Crippen LogP contribution in [0.3, 0.4) is 0 Å². The molecule has 26 heavy (non-hydrogen) atoms. The Bertz CT molecular complexity index is 895. The zero-order valence-corrected chi connectivity index (χ0v) is 15.2. The lowest BCUT2D eigenvalue weighted by Gasteiger charge is -2.14. The number of halogens is 3. The van der Waals surface area contributed by atoms with Gasteiger partial charge in [-0.05, 0) is 24.3 Å². The summed E-state index contributed by atoms with van der Waals surface area (Å²) in [7, 11) is 0. The van der Waals surface area contributed by atoms with Crippen molar-refractivity contribution >= 4 is 28.9 Å². The van der Waals surface area contributed by atoms with E-state index in [1.807, 2.05) is 24.3 Å². The first-order valence-corrected chi connectivity index (χ1v) is 8.66. The summed E-state index contributed by atoms with van der Waals surface area (Å²) in [5.74, 6) is 0.211. The quantitative estimate of drug-likeness (QED) is 0.504. The predicted octanol–water partition coefficient (Wildman–Crippen LogP) is 6.03. The van der Waals surface area contributed by atoms with Crippen molar-refractivity contribution in [3.8, 4) is 11.5 Å². The normalized spacial score (nSPS) is 10.6. The molecular formula is C20H16Cl2FNO2. The lowest BCUT2D eigenvalue weighted by atomic mass is 10.2. The number of rotatable bonds is 6. The van der Waals surface area contributed by atoms with Crippen molar-refractivity contribution in [1.29, 1.82) is 0 Å². The van der Waals surface area contributed by atoms with Crippen LogP contribution in [0, 0.1) is 5.82 Å². The molecule has 3 aromatic carbocycles. The fraction of sp³-hybridized carbons (Fsp3) is 0.100. The van der Waals surface area contributed by atoms with Crippen LogP contribution in [0.5, 0.6) is 11.5 Å². The first-order chi connectivity index (χ1) is 12.5. The third-order valence-corrected chi connectivity index (χ3v) is 4.39. The van der Waals surface area contributed by atoms with Crippen molar-refractivity contribution in [3.63, 3.8) is 0 Å². The van der Waals surface area contributed by atoms with Gasteiger partial charge in [-0.2, -0.15) is 0 Å². The van der Waals surface area contributed by atoms with Gasteiger partial charge in [0.05, 0.1) is 10.0 Å². The summed E-state index contributed by atoms with van der Waals surface area (Å²) in [6, 6.07) is 17.2. The van der Waals surface area contributed by atoms with Crippen molar-refractivity contribution in [2.45, 2.75) is 13.2 Å². The Hall–Kier alpha value is -2.43. The van der Waals surface area contributed by atoms with Crippen LogP contribution in [-0.2, 0) is 13.2 Å². The average molecular weight is 392 g/mol. The molecule has 6 heteroatoms. The van der Waals surface area contributed by atoms with E-state index in [4.69, 9.17) is 27.9 Å². The Morgan fingerprint density at radius 2 is 1.54 bits per heavy atom. The second kappa shape index (κ2) is 8.30. The van der Waals surface area contributed by atoms with E-state index in [1.54, 1.807) is 30.3 Å². The van der Waals surface area contributed by atoms with Gasteiger partial charge in [-0.15, -0.1) is 0 Å². The van der Waals surface area contributed by atoms with E-state index >= 15 is 0 Å². The first-order valence-electron chi connectivity index (χ1n) is 7.90. The van der Waals surface area contributed by atoms with Gasteiger partial charge in [-0.25, -0.2) is 4.39 Å². The molecule has 3 nitrogen and oxygen atoms in total. The molecule has 0 bridgehead atoms. The highest BCUT2D eigenvalue weighted by Crippen LogP contribution is 2.35. The molecule has 0 spiro atoms. The van der Waals surface area contributed by atoms with Gasteiger partial charge in [-0.1, -0.05) is 59.6 Å². The molecule has 0 aromatic heterocycles. The fourth-order valence-corrected chi connectivity index (χ4v) is 2.91. The number of benzene rings is 3. The molecule has 0 fully saturated rings. The highest BCUT2D eigenvalue weighted by molar-refractivity contribution is 6.37. The Labute approximate surface area is 161 Å². The van der Waals surface area contributed by atoms with Gasteiger partial charge in [-0.3, -0.25) is 0 Å². The summed E-state index contributed by atoms with van der Waals surface area (Å²) < 4.78 is 19.5. The Balaban J connectivity index is 1.70. The highest BCUT2D eigenvalue weighted by Gasteiger charge is 2.09. The lowest BCUT2D eigenvalue weighted by Crippen LogP contribution is -2.04. The van der Waals surface area contributed by atoms with Gasteiger partial charge in [0.2, 0.25) is 0 Å². The van der Waals surface area contributed by atoms with Crippen LogP contribution in [-0.4, -0.2) is 5.11 Å². The molecule has 0 atom stereocenters. The van der Waals surface area contributed by atoms with Gasteiger partial charge < -0.3 is 15.2 Å². The van der Waals surface area contributed by atoms with Crippen LogP contribution < -0.4 is 10.1 Å². The fourth-order valence-electron chi connectivity index (χ4n) is 2.43. The minimum absolute atomic E-state index is 0.139. The van der Waals surface area contributed by atoms with Gasteiger partial charge in [0.1, 0.15) is 18.2 Å². The molecule has 2 N–H and O–H groups in total.